The second-order valence-corrected chi connectivity index (χ2v) is 6.33. The lowest BCUT2D eigenvalue weighted by molar-refractivity contribution is 0.0930. The molecular formula is C19H26Cl2N6O. The number of hydrogen-bond donors (Lipinski definition) is 2. The third-order valence-electron chi connectivity index (χ3n) is 4.49. The molecule has 7 nitrogen and oxygen atoms in total. The van der Waals surface area contributed by atoms with Crippen molar-refractivity contribution in [3.8, 4) is 5.69 Å². The second-order valence-electron chi connectivity index (χ2n) is 6.33. The molecule has 0 saturated carbocycles. The molecule has 0 fully saturated rings. The number of aromatic nitrogens is 4. The van der Waals surface area contributed by atoms with E-state index in [-0.39, 0.29) is 36.8 Å². The largest absolute Gasteiger partial charge is 0.347 e. The molecule has 1 aromatic carbocycles. The fourth-order valence-corrected chi connectivity index (χ4v) is 2.99. The number of hydrogen-bond acceptors (Lipinski definition) is 5. The maximum atomic E-state index is 12.6. The van der Waals surface area contributed by atoms with Gasteiger partial charge in [-0.05, 0) is 37.6 Å². The number of carbonyl (C=O) groups is 1. The number of amides is 1. The molecule has 3 aromatic rings. The first kappa shape index (κ1) is 23.8. The number of rotatable bonds is 7. The number of unbranched alkanes of at least 4 members (excludes halogenated alkanes) is 1. The van der Waals surface area contributed by atoms with E-state index in [4.69, 9.17) is 5.73 Å². The molecule has 1 atom stereocenters. The van der Waals surface area contributed by atoms with Crippen molar-refractivity contribution in [2.75, 3.05) is 6.54 Å². The van der Waals surface area contributed by atoms with E-state index in [1.165, 1.54) is 0 Å². The van der Waals surface area contributed by atoms with Crippen LogP contribution in [0.4, 0.5) is 0 Å². The van der Waals surface area contributed by atoms with Gasteiger partial charge in [-0.2, -0.15) is 0 Å². The molecule has 3 rings (SSSR count). The zero-order valence-electron chi connectivity index (χ0n) is 16.0. The van der Waals surface area contributed by atoms with Crippen LogP contribution in [0.3, 0.4) is 0 Å². The van der Waals surface area contributed by atoms with Crippen LogP contribution in [0.5, 0.6) is 0 Å². The summed E-state index contributed by atoms with van der Waals surface area (Å²) in [5.41, 5.74) is 8.50. The molecule has 0 aliphatic carbocycles. The number of pyridine rings is 1. The van der Waals surface area contributed by atoms with Gasteiger partial charge < -0.3 is 11.1 Å². The van der Waals surface area contributed by atoms with E-state index in [0.717, 1.165) is 35.9 Å². The van der Waals surface area contributed by atoms with Crippen LogP contribution in [0.15, 0.2) is 36.5 Å². The Kier molecular flexibility index (Phi) is 9.31. The van der Waals surface area contributed by atoms with E-state index < -0.39 is 0 Å². The van der Waals surface area contributed by atoms with Crippen LogP contribution in [0, 0.1) is 6.92 Å². The molecule has 0 aliphatic heterocycles. The van der Waals surface area contributed by atoms with Gasteiger partial charge in [-0.3, -0.25) is 9.78 Å². The Morgan fingerprint density at radius 1 is 1.25 bits per heavy atom. The van der Waals surface area contributed by atoms with Crippen LogP contribution >= 0.6 is 24.8 Å². The third-order valence-corrected chi connectivity index (χ3v) is 4.49. The molecule has 0 radical (unpaired) electrons. The Morgan fingerprint density at radius 3 is 2.75 bits per heavy atom. The van der Waals surface area contributed by atoms with Gasteiger partial charge in [0.1, 0.15) is 0 Å². The number of carbonyl (C=O) groups excluding carboxylic acids is 1. The number of nitrogens with zero attached hydrogens (tertiary/aromatic N) is 4. The lowest BCUT2D eigenvalue weighted by atomic mass is 10.1. The van der Waals surface area contributed by atoms with Gasteiger partial charge in [0.05, 0.1) is 16.9 Å². The summed E-state index contributed by atoms with van der Waals surface area (Å²) >= 11 is 0. The molecule has 1 amide bonds. The molecule has 152 valence electrons. The van der Waals surface area contributed by atoms with Crippen LogP contribution < -0.4 is 11.1 Å². The number of nitrogens with two attached hydrogens (primary N) is 1. The fraction of sp³-hybridized carbons (Fsp3) is 0.368. The number of benzene rings is 1. The van der Waals surface area contributed by atoms with Crippen molar-refractivity contribution in [3.63, 3.8) is 0 Å². The Hall–Kier alpha value is -2.22. The van der Waals surface area contributed by atoms with Crippen molar-refractivity contribution >= 4 is 41.6 Å². The topological polar surface area (TPSA) is 98.7 Å². The molecule has 0 spiro atoms. The van der Waals surface area contributed by atoms with Crippen LogP contribution in [-0.2, 0) is 0 Å². The van der Waals surface area contributed by atoms with Crippen molar-refractivity contribution in [1.82, 2.24) is 25.3 Å². The summed E-state index contributed by atoms with van der Waals surface area (Å²) in [7, 11) is 0. The number of nitrogens with one attached hydrogen (secondary N) is 1. The van der Waals surface area contributed by atoms with Gasteiger partial charge in [-0.1, -0.05) is 31.0 Å². The summed E-state index contributed by atoms with van der Waals surface area (Å²) in [6.45, 7) is 4.37. The highest BCUT2D eigenvalue weighted by Crippen LogP contribution is 2.21. The SMILES string of the molecule is CCCCC(CN)NC(=O)c1nnn(-c2cccc3ncccc23)c1C.Cl.Cl. The quantitative estimate of drug-likeness (QED) is 0.606. The Bertz CT molecular complexity index is 909. The smallest absolute Gasteiger partial charge is 0.274 e. The molecular weight excluding hydrogens is 399 g/mol. The summed E-state index contributed by atoms with van der Waals surface area (Å²) in [6.07, 6.45) is 4.71. The van der Waals surface area contributed by atoms with Crippen molar-refractivity contribution in [1.29, 1.82) is 0 Å². The van der Waals surface area contributed by atoms with E-state index in [1.807, 2.05) is 37.3 Å². The Labute approximate surface area is 176 Å². The van der Waals surface area contributed by atoms with E-state index in [9.17, 15) is 4.79 Å². The van der Waals surface area contributed by atoms with Crippen LogP contribution in [0.2, 0.25) is 0 Å². The average molecular weight is 425 g/mol. The Morgan fingerprint density at radius 2 is 2.04 bits per heavy atom. The predicted molar refractivity (Wildman–Crippen MR) is 116 cm³/mol. The molecule has 0 aliphatic rings. The van der Waals surface area contributed by atoms with Gasteiger partial charge in [0.25, 0.3) is 5.91 Å². The zero-order chi connectivity index (χ0) is 18.5. The number of fused-ring (bicyclic) bond motifs is 1. The van der Waals surface area contributed by atoms with Crippen LogP contribution in [-0.4, -0.2) is 38.5 Å². The highest BCUT2D eigenvalue weighted by molar-refractivity contribution is 5.94. The molecule has 2 aromatic heterocycles. The van der Waals surface area contributed by atoms with Crippen molar-refractivity contribution in [2.24, 2.45) is 5.73 Å². The average Bonchev–Trinajstić information content (AvgIpc) is 3.05. The summed E-state index contributed by atoms with van der Waals surface area (Å²) in [4.78, 5) is 17.0. The summed E-state index contributed by atoms with van der Waals surface area (Å²) in [5.74, 6) is -0.237. The minimum atomic E-state index is -0.237. The monoisotopic (exact) mass is 424 g/mol. The summed E-state index contributed by atoms with van der Waals surface area (Å²) in [5, 5.41) is 12.2. The van der Waals surface area contributed by atoms with Crippen molar-refractivity contribution < 1.29 is 4.79 Å². The molecule has 28 heavy (non-hydrogen) atoms. The van der Waals surface area contributed by atoms with Crippen LogP contribution in [0.1, 0.15) is 42.4 Å². The molecule has 3 N–H and O–H groups in total. The lowest BCUT2D eigenvalue weighted by Gasteiger charge is -2.15. The normalized spacial score (nSPS) is 11.4. The third kappa shape index (κ3) is 4.98. The summed E-state index contributed by atoms with van der Waals surface area (Å²) in [6, 6.07) is 9.61. The van der Waals surface area contributed by atoms with Gasteiger partial charge in [0, 0.05) is 24.2 Å². The van der Waals surface area contributed by atoms with Gasteiger partial charge >= 0.3 is 0 Å². The number of halogens is 2. The predicted octanol–water partition coefficient (Wildman–Crippen LogP) is 3.21. The maximum absolute atomic E-state index is 12.6. The van der Waals surface area contributed by atoms with E-state index >= 15 is 0 Å². The minimum Gasteiger partial charge on any atom is -0.347 e. The van der Waals surface area contributed by atoms with Crippen LogP contribution in [0.25, 0.3) is 16.6 Å². The van der Waals surface area contributed by atoms with Crippen molar-refractivity contribution in [3.05, 3.63) is 47.9 Å². The van der Waals surface area contributed by atoms with Gasteiger partial charge in [0.2, 0.25) is 0 Å². The molecule has 1 unspecified atom stereocenters. The maximum Gasteiger partial charge on any atom is 0.274 e. The van der Waals surface area contributed by atoms with Crippen molar-refractivity contribution in [2.45, 2.75) is 39.2 Å². The van der Waals surface area contributed by atoms with E-state index in [1.54, 1.807) is 10.9 Å². The highest BCUT2D eigenvalue weighted by Gasteiger charge is 2.20. The first-order valence-corrected chi connectivity index (χ1v) is 8.93. The Balaban J connectivity index is 0.00000196. The first-order chi connectivity index (χ1) is 12.7. The lowest BCUT2D eigenvalue weighted by Crippen LogP contribution is -2.40. The summed E-state index contributed by atoms with van der Waals surface area (Å²) < 4.78 is 1.68. The molecule has 0 saturated heterocycles. The van der Waals surface area contributed by atoms with E-state index in [0.29, 0.717) is 17.9 Å². The molecule has 9 heteroatoms. The fourth-order valence-electron chi connectivity index (χ4n) is 2.99. The zero-order valence-corrected chi connectivity index (χ0v) is 17.6. The second kappa shape index (κ2) is 10.9. The van der Waals surface area contributed by atoms with E-state index in [2.05, 4.69) is 27.5 Å². The first-order valence-electron chi connectivity index (χ1n) is 8.93. The standard InChI is InChI=1S/C19H24N6O.2ClH/c1-3-4-7-14(12-20)22-19(26)18-13(2)25(24-23-18)17-10-5-9-16-15(17)8-6-11-21-16;;/h5-6,8-11,14H,3-4,7,12,20H2,1-2H3,(H,22,26);2*1H. The van der Waals surface area contributed by atoms with Gasteiger partial charge in [0.15, 0.2) is 5.69 Å². The van der Waals surface area contributed by atoms with Gasteiger partial charge in [-0.15, -0.1) is 29.9 Å². The molecule has 2 heterocycles. The molecule has 0 bridgehead atoms. The highest BCUT2D eigenvalue weighted by atomic mass is 35.5. The minimum absolute atomic E-state index is 0. The van der Waals surface area contributed by atoms with Gasteiger partial charge in [-0.25, -0.2) is 4.68 Å².